The lowest BCUT2D eigenvalue weighted by molar-refractivity contribution is -0.129. The number of hydrogen-bond donors (Lipinski definition) is 2. The van der Waals surface area contributed by atoms with Crippen molar-refractivity contribution in [3.63, 3.8) is 0 Å². The second-order valence-electron chi connectivity index (χ2n) is 5.22. The number of hydrogen-bond acceptors (Lipinski definition) is 3. The Morgan fingerprint density at radius 2 is 2.00 bits per heavy atom. The van der Waals surface area contributed by atoms with Gasteiger partial charge >= 0.3 is 0 Å². The average molecular weight is 275 g/mol. The fraction of sp³-hybridized carbons (Fsp3) is 0.533. The molecule has 1 aliphatic carbocycles. The highest BCUT2D eigenvalue weighted by atomic mass is 16.2. The Morgan fingerprint density at radius 3 is 2.70 bits per heavy atom. The van der Waals surface area contributed by atoms with Gasteiger partial charge < -0.3 is 10.6 Å². The Bertz CT molecular complexity index is 442. The van der Waals surface area contributed by atoms with Crippen molar-refractivity contribution in [2.24, 2.45) is 0 Å². The van der Waals surface area contributed by atoms with Gasteiger partial charge in [0.25, 0.3) is 0 Å². The number of carbonyl (C=O) groups is 2. The minimum atomic E-state index is -0.248. The fourth-order valence-corrected chi connectivity index (χ4v) is 2.44. The van der Waals surface area contributed by atoms with Crippen LogP contribution in [0.5, 0.6) is 0 Å². The van der Waals surface area contributed by atoms with Crippen LogP contribution in [-0.2, 0) is 16.1 Å². The lowest BCUT2D eigenvalue weighted by Gasteiger charge is -2.22. The summed E-state index contributed by atoms with van der Waals surface area (Å²) in [7, 11) is 0. The van der Waals surface area contributed by atoms with E-state index in [2.05, 4.69) is 15.6 Å². The Kier molecular flexibility index (Phi) is 5.53. The first-order valence-corrected chi connectivity index (χ1v) is 7.19. The first kappa shape index (κ1) is 14.5. The second-order valence-corrected chi connectivity index (χ2v) is 5.22. The Balaban J connectivity index is 1.67. The molecule has 0 bridgehead atoms. The molecule has 2 N–H and O–H groups in total. The van der Waals surface area contributed by atoms with Crippen LogP contribution >= 0.6 is 0 Å². The Hall–Kier alpha value is -1.91. The van der Waals surface area contributed by atoms with Crippen LogP contribution in [0.4, 0.5) is 0 Å². The zero-order chi connectivity index (χ0) is 14.2. The van der Waals surface area contributed by atoms with Gasteiger partial charge in [-0.2, -0.15) is 0 Å². The number of pyridine rings is 1. The van der Waals surface area contributed by atoms with Gasteiger partial charge in [-0.15, -0.1) is 0 Å². The van der Waals surface area contributed by atoms with Crippen molar-refractivity contribution >= 4 is 11.8 Å². The van der Waals surface area contributed by atoms with Crippen LogP contribution in [0, 0.1) is 0 Å². The zero-order valence-electron chi connectivity index (χ0n) is 11.6. The molecule has 0 aromatic carbocycles. The topological polar surface area (TPSA) is 71.1 Å². The SMILES string of the molecule is O=C(CC(=O)NC1CCCCC1)NCc1cccnc1. The minimum absolute atomic E-state index is 0.100. The van der Waals surface area contributed by atoms with E-state index in [1.54, 1.807) is 12.4 Å². The van der Waals surface area contributed by atoms with E-state index in [1.807, 2.05) is 12.1 Å². The molecule has 0 radical (unpaired) electrons. The third-order valence-electron chi connectivity index (χ3n) is 3.50. The molecular formula is C15H21N3O2. The molecule has 0 spiro atoms. The summed E-state index contributed by atoms with van der Waals surface area (Å²) in [6.45, 7) is 0.406. The molecule has 0 unspecified atom stereocenters. The van der Waals surface area contributed by atoms with Crippen LogP contribution in [0.15, 0.2) is 24.5 Å². The molecule has 1 aromatic heterocycles. The highest BCUT2D eigenvalue weighted by molar-refractivity contribution is 5.96. The summed E-state index contributed by atoms with van der Waals surface area (Å²) in [5.74, 6) is -0.428. The van der Waals surface area contributed by atoms with Crippen LogP contribution < -0.4 is 10.6 Å². The van der Waals surface area contributed by atoms with Crippen LogP contribution in [-0.4, -0.2) is 22.8 Å². The molecule has 0 atom stereocenters. The predicted octanol–water partition coefficient (Wildman–Crippen LogP) is 1.54. The number of nitrogens with zero attached hydrogens (tertiary/aromatic N) is 1. The standard InChI is InChI=1S/C15H21N3O2/c19-14(17-11-12-5-4-8-16-10-12)9-15(20)18-13-6-2-1-3-7-13/h4-5,8,10,13H,1-3,6-7,9,11H2,(H,17,19)(H,18,20). The summed E-state index contributed by atoms with van der Waals surface area (Å²) in [5.41, 5.74) is 0.925. The molecule has 2 rings (SSSR count). The van der Waals surface area contributed by atoms with E-state index in [4.69, 9.17) is 0 Å². The summed E-state index contributed by atoms with van der Waals surface area (Å²) in [5, 5.41) is 5.66. The molecule has 1 heterocycles. The van der Waals surface area contributed by atoms with Gasteiger partial charge in [0.1, 0.15) is 6.42 Å². The number of amides is 2. The van der Waals surface area contributed by atoms with Crippen molar-refractivity contribution in [3.05, 3.63) is 30.1 Å². The number of nitrogens with one attached hydrogen (secondary N) is 2. The predicted molar refractivity (Wildman–Crippen MR) is 75.7 cm³/mol. The highest BCUT2D eigenvalue weighted by Crippen LogP contribution is 2.17. The molecule has 1 aromatic rings. The number of rotatable bonds is 5. The van der Waals surface area contributed by atoms with E-state index in [0.29, 0.717) is 6.54 Å². The van der Waals surface area contributed by atoms with E-state index >= 15 is 0 Å². The van der Waals surface area contributed by atoms with Crippen molar-refractivity contribution in [3.8, 4) is 0 Å². The summed E-state index contributed by atoms with van der Waals surface area (Å²) >= 11 is 0. The van der Waals surface area contributed by atoms with Crippen molar-refractivity contribution < 1.29 is 9.59 Å². The maximum absolute atomic E-state index is 11.7. The molecule has 1 aliphatic rings. The van der Waals surface area contributed by atoms with E-state index in [9.17, 15) is 9.59 Å². The summed E-state index contributed by atoms with van der Waals surface area (Å²) in [6.07, 6.45) is 8.92. The first-order chi connectivity index (χ1) is 9.74. The third kappa shape index (κ3) is 4.99. The molecule has 20 heavy (non-hydrogen) atoms. The van der Waals surface area contributed by atoms with Gasteiger partial charge in [-0.1, -0.05) is 25.3 Å². The Labute approximate surface area is 119 Å². The molecule has 0 aliphatic heterocycles. The van der Waals surface area contributed by atoms with Crippen LogP contribution in [0.25, 0.3) is 0 Å². The van der Waals surface area contributed by atoms with E-state index in [-0.39, 0.29) is 24.3 Å². The monoisotopic (exact) mass is 275 g/mol. The van der Waals surface area contributed by atoms with E-state index in [0.717, 1.165) is 31.2 Å². The van der Waals surface area contributed by atoms with Crippen LogP contribution in [0.2, 0.25) is 0 Å². The average Bonchev–Trinajstić information content (AvgIpc) is 2.47. The summed E-state index contributed by atoms with van der Waals surface area (Å²) in [4.78, 5) is 27.4. The lowest BCUT2D eigenvalue weighted by Crippen LogP contribution is -2.39. The minimum Gasteiger partial charge on any atom is -0.353 e. The maximum Gasteiger partial charge on any atom is 0.229 e. The quantitative estimate of drug-likeness (QED) is 0.801. The highest BCUT2D eigenvalue weighted by Gasteiger charge is 2.17. The Morgan fingerprint density at radius 1 is 1.20 bits per heavy atom. The van der Waals surface area contributed by atoms with Gasteiger partial charge in [0.05, 0.1) is 0 Å². The number of aromatic nitrogens is 1. The van der Waals surface area contributed by atoms with Gasteiger partial charge in [-0.3, -0.25) is 14.6 Å². The van der Waals surface area contributed by atoms with Gasteiger partial charge in [-0.05, 0) is 24.5 Å². The molecule has 1 fully saturated rings. The van der Waals surface area contributed by atoms with Gasteiger partial charge in [0.15, 0.2) is 0 Å². The van der Waals surface area contributed by atoms with Crippen molar-refractivity contribution in [1.29, 1.82) is 0 Å². The fourth-order valence-electron chi connectivity index (χ4n) is 2.44. The molecular weight excluding hydrogens is 254 g/mol. The molecule has 2 amide bonds. The molecule has 5 nitrogen and oxygen atoms in total. The van der Waals surface area contributed by atoms with Crippen molar-refractivity contribution in [2.75, 3.05) is 0 Å². The third-order valence-corrected chi connectivity index (χ3v) is 3.50. The lowest BCUT2D eigenvalue weighted by atomic mass is 9.95. The van der Waals surface area contributed by atoms with Gasteiger partial charge in [0, 0.05) is 25.0 Å². The van der Waals surface area contributed by atoms with Crippen LogP contribution in [0.3, 0.4) is 0 Å². The summed E-state index contributed by atoms with van der Waals surface area (Å²) < 4.78 is 0. The molecule has 0 saturated heterocycles. The molecule has 1 saturated carbocycles. The van der Waals surface area contributed by atoms with Crippen molar-refractivity contribution in [1.82, 2.24) is 15.6 Å². The first-order valence-electron chi connectivity index (χ1n) is 7.19. The maximum atomic E-state index is 11.7. The van der Waals surface area contributed by atoms with Gasteiger partial charge in [0.2, 0.25) is 11.8 Å². The van der Waals surface area contributed by atoms with Crippen molar-refractivity contribution in [2.45, 2.75) is 51.1 Å². The van der Waals surface area contributed by atoms with Crippen LogP contribution in [0.1, 0.15) is 44.1 Å². The second kappa shape index (κ2) is 7.62. The largest absolute Gasteiger partial charge is 0.353 e. The van der Waals surface area contributed by atoms with E-state index in [1.165, 1.54) is 6.42 Å². The normalized spacial score (nSPS) is 15.6. The molecule has 5 heteroatoms. The zero-order valence-corrected chi connectivity index (χ0v) is 11.6. The summed E-state index contributed by atoms with van der Waals surface area (Å²) in [6, 6.07) is 3.95. The van der Waals surface area contributed by atoms with E-state index < -0.39 is 0 Å². The number of carbonyl (C=O) groups excluding carboxylic acids is 2. The smallest absolute Gasteiger partial charge is 0.229 e. The molecule has 108 valence electrons. The van der Waals surface area contributed by atoms with Gasteiger partial charge in [-0.25, -0.2) is 0 Å².